The molecule has 4 nitrogen and oxygen atoms in total. The standard InChI is InChI=1S/C25H32ClFN2O2S/c1-5-22(24(31)28-25(2,3)4)29(17-18-8-12-20(27)13-9-18)23(30)7-6-16-32-21-14-10-19(26)11-15-21/h8-15,22H,5-7,16-17H2,1-4H3,(H,28,31). The SMILES string of the molecule is CCC(C(=O)NC(C)(C)C)N(Cc1ccc(F)cc1)C(=O)CCCSc1ccc(Cl)cc1. The van der Waals surface area contributed by atoms with Gasteiger partial charge in [0.05, 0.1) is 0 Å². The van der Waals surface area contributed by atoms with Gasteiger partial charge in [-0.1, -0.05) is 30.7 Å². The maximum Gasteiger partial charge on any atom is 0.243 e. The monoisotopic (exact) mass is 478 g/mol. The minimum atomic E-state index is -0.587. The van der Waals surface area contributed by atoms with E-state index in [1.807, 2.05) is 52.0 Å². The van der Waals surface area contributed by atoms with Gasteiger partial charge in [0.15, 0.2) is 0 Å². The van der Waals surface area contributed by atoms with Crippen LogP contribution in [0.1, 0.15) is 52.5 Å². The van der Waals surface area contributed by atoms with Crippen molar-refractivity contribution in [1.82, 2.24) is 10.2 Å². The second kappa shape index (κ2) is 12.3. The van der Waals surface area contributed by atoms with Crippen molar-refractivity contribution in [2.75, 3.05) is 5.75 Å². The number of halogens is 2. The van der Waals surface area contributed by atoms with Crippen LogP contribution < -0.4 is 5.32 Å². The molecular formula is C25H32ClFN2O2S. The Bertz CT molecular complexity index is 882. The first-order valence-electron chi connectivity index (χ1n) is 10.8. The highest BCUT2D eigenvalue weighted by Crippen LogP contribution is 2.22. The third kappa shape index (κ3) is 8.83. The predicted octanol–water partition coefficient (Wildman–Crippen LogP) is 6.07. The van der Waals surface area contributed by atoms with Gasteiger partial charge in [0.25, 0.3) is 0 Å². The molecule has 0 saturated heterocycles. The molecule has 32 heavy (non-hydrogen) atoms. The molecule has 2 aromatic carbocycles. The summed E-state index contributed by atoms with van der Waals surface area (Å²) in [5.74, 6) is 0.194. The van der Waals surface area contributed by atoms with Gasteiger partial charge in [0.2, 0.25) is 11.8 Å². The van der Waals surface area contributed by atoms with Crippen LogP contribution in [-0.2, 0) is 16.1 Å². The Hall–Kier alpha value is -2.05. The van der Waals surface area contributed by atoms with Crippen molar-refractivity contribution in [2.24, 2.45) is 0 Å². The summed E-state index contributed by atoms with van der Waals surface area (Å²) in [6, 6.07) is 13.1. The van der Waals surface area contributed by atoms with Crippen LogP contribution in [0.3, 0.4) is 0 Å². The molecule has 1 unspecified atom stereocenters. The van der Waals surface area contributed by atoms with Gasteiger partial charge >= 0.3 is 0 Å². The van der Waals surface area contributed by atoms with Gasteiger partial charge in [-0.3, -0.25) is 9.59 Å². The molecule has 2 amide bonds. The molecule has 1 atom stereocenters. The molecule has 0 heterocycles. The quantitative estimate of drug-likeness (QED) is 0.333. The fourth-order valence-corrected chi connectivity index (χ4v) is 4.23. The molecule has 174 valence electrons. The Morgan fingerprint density at radius 2 is 1.72 bits per heavy atom. The molecule has 2 aromatic rings. The van der Waals surface area contributed by atoms with Crippen LogP contribution in [0.2, 0.25) is 5.02 Å². The maximum atomic E-state index is 13.3. The lowest BCUT2D eigenvalue weighted by molar-refractivity contribution is -0.142. The number of nitrogens with zero attached hydrogens (tertiary/aromatic N) is 1. The highest BCUT2D eigenvalue weighted by atomic mass is 35.5. The second-order valence-corrected chi connectivity index (χ2v) is 10.3. The van der Waals surface area contributed by atoms with Crippen molar-refractivity contribution < 1.29 is 14.0 Å². The van der Waals surface area contributed by atoms with Gasteiger partial charge in [0, 0.05) is 28.4 Å². The normalized spacial score (nSPS) is 12.3. The molecule has 0 aliphatic rings. The average molecular weight is 479 g/mol. The number of hydrogen-bond donors (Lipinski definition) is 1. The van der Waals surface area contributed by atoms with Crippen molar-refractivity contribution in [3.05, 3.63) is 64.9 Å². The Kier molecular flexibility index (Phi) is 10.0. The topological polar surface area (TPSA) is 49.4 Å². The van der Waals surface area contributed by atoms with Gasteiger partial charge in [-0.2, -0.15) is 0 Å². The van der Waals surface area contributed by atoms with E-state index in [4.69, 9.17) is 11.6 Å². The largest absolute Gasteiger partial charge is 0.350 e. The van der Waals surface area contributed by atoms with E-state index in [9.17, 15) is 14.0 Å². The number of rotatable bonds is 10. The zero-order valence-corrected chi connectivity index (χ0v) is 20.7. The Labute approximate surface area is 199 Å². The molecule has 7 heteroatoms. The summed E-state index contributed by atoms with van der Waals surface area (Å²) in [6.07, 6.45) is 1.51. The summed E-state index contributed by atoms with van der Waals surface area (Å²) >= 11 is 7.59. The predicted molar refractivity (Wildman–Crippen MR) is 130 cm³/mol. The summed E-state index contributed by atoms with van der Waals surface area (Å²) in [7, 11) is 0. The molecule has 0 spiro atoms. The third-order valence-corrected chi connectivity index (χ3v) is 6.12. The summed E-state index contributed by atoms with van der Waals surface area (Å²) < 4.78 is 13.3. The number of thioether (sulfide) groups is 1. The number of carbonyl (C=O) groups is 2. The van der Waals surface area contributed by atoms with Crippen LogP contribution in [-0.4, -0.2) is 34.0 Å². The lowest BCUT2D eigenvalue weighted by Crippen LogP contribution is -2.53. The Morgan fingerprint density at radius 3 is 2.28 bits per heavy atom. The number of amides is 2. The minimum absolute atomic E-state index is 0.0815. The van der Waals surface area contributed by atoms with E-state index in [-0.39, 0.29) is 24.2 Å². The van der Waals surface area contributed by atoms with E-state index < -0.39 is 11.6 Å². The van der Waals surface area contributed by atoms with Gasteiger partial charge in [-0.15, -0.1) is 11.8 Å². The zero-order valence-electron chi connectivity index (χ0n) is 19.2. The van der Waals surface area contributed by atoms with Crippen molar-refractivity contribution >= 4 is 35.2 Å². The summed E-state index contributed by atoms with van der Waals surface area (Å²) in [5, 5.41) is 3.68. The highest BCUT2D eigenvalue weighted by molar-refractivity contribution is 7.99. The number of nitrogens with one attached hydrogen (secondary N) is 1. The van der Waals surface area contributed by atoms with E-state index in [1.165, 1.54) is 12.1 Å². The molecule has 0 fully saturated rings. The van der Waals surface area contributed by atoms with Crippen LogP contribution in [0.25, 0.3) is 0 Å². The van der Waals surface area contributed by atoms with Crippen LogP contribution in [0, 0.1) is 5.82 Å². The number of benzene rings is 2. The van der Waals surface area contributed by atoms with E-state index in [0.29, 0.717) is 24.3 Å². The highest BCUT2D eigenvalue weighted by Gasteiger charge is 2.30. The van der Waals surface area contributed by atoms with Crippen molar-refractivity contribution in [3.63, 3.8) is 0 Å². The van der Waals surface area contributed by atoms with E-state index in [0.717, 1.165) is 16.2 Å². The van der Waals surface area contributed by atoms with Crippen LogP contribution in [0.5, 0.6) is 0 Å². The lowest BCUT2D eigenvalue weighted by Gasteiger charge is -2.33. The molecule has 1 N–H and O–H groups in total. The molecule has 0 aromatic heterocycles. The van der Waals surface area contributed by atoms with Crippen LogP contribution in [0.4, 0.5) is 4.39 Å². The van der Waals surface area contributed by atoms with Gasteiger partial charge in [-0.05, 0) is 81.3 Å². The molecule has 0 radical (unpaired) electrons. The third-order valence-electron chi connectivity index (χ3n) is 4.77. The molecule has 0 aliphatic carbocycles. The maximum absolute atomic E-state index is 13.3. The number of carbonyl (C=O) groups excluding carboxylic acids is 2. The van der Waals surface area contributed by atoms with Crippen LogP contribution in [0.15, 0.2) is 53.4 Å². The smallest absolute Gasteiger partial charge is 0.243 e. The zero-order chi connectivity index (χ0) is 23.7. The van der Waals surface area contributed by atoms with Crippen molar-refractivity contribution in [3.8, 4) is 0 Å². The lowest BCUT2D eigenvalue weighted by atomic mass is 10.0. The minimum Gasteiger partial charge on any atom is -0.350 e. The second-order valence-electron chi connectivity index (χ2n) is 8.72. The molecule has 2 rings (SSSR count). The molecule has 0 bridgehead atoms. The van der Waals surface area contributed by atoms with Crippen molar-refractivity contribution in [1.29, 1.82) is 0 Å². The van der Waals surface area contributed by atoms with Gasteiger partial charge in [0.1, 0.15) is 11.9 Å². The number of hydrogen-bond acceptors (Lipinski definition) is 3. The van der Waals surface area contributed by atoms with E-state index in [1.54, 1.807) is 28.8 Å². The Balaban J connectivity index is 2.07. The fraction of sp³-hybridized carbons (Fsp3) is 0.440. The first-order chi connectivity index (χ1) is 15.1. The van der Waals surface area contributed by atoms with Gasteiger partial charge in [-0.25, -0.2) is 4.39 Å². The summed E-state index contributed by atoms with van der Waals surface area (Å²) in [4.78, 5) is 28.9. The van der Waals surface area contributed by atoms with Gasteiger partial charge < -0.3 is 10.2 Å². The average Bonchev–Trinajstić information content (AvgIpc) is 2.72. The summed E-state index contributed by atoms with van der Waals surface area (Å²) in [5.41, 5.74) is 0.391. The molecular weight excluding hydrogens is 447 g/mol. The van der Waals surface area contributed by atoms with Crippen LogP contribution >= 0.6 is 23.4 Å². The first-order valence-corrected chi connectivity index (χ1v) is 12.2. The summed E-state index contributed by atoms with van der Waals surface area (Å²) in [6.45, 7) is 7.90. The first kappa shape index (κ1) is 26.2. The fourth-order valence-electron chi connectivity index (χ4n) is 3.25. The molecule has 0 saturated carbocycles. The Morgan fingerprint density at radius 1 is 1.09 bits per heavy atom. The van der Waals surface area contributed by atoms with E-state index >= 15 is 0 Å². The molecule has 0 aliphatic heterocycles. The van der Waals surface area contributed by atoms with E-state index in [2.05, 4.69) is 5.32 Å². The van der Waals surface area contributed by atoms with Crippen molar-refractivity contribution in [2.45, 2.75) is 70.0 Å².